The number of benzene rings is 2. The van der Waals surface area contributed by atoms with Crippen molar-refractivity contribution in [2.45, 2.75) is 24.8 Å². The fourth-order valence-corrected chi connectivity index (χ4v) is 3.83. The second-order valence-electron chi connectivity index (χ2n) is 6.70. The molecule has 2 amide bonds. The van der Waals surface area contributed by atoms with E-state index in [9.17, 15) is 22.0 Å². The number of ether oxygens (including phenoxy) is 1. The van der Waals surface area contributed by atoms with E-state index in [-0.39, 0.29) is 31.1 Å². The van der Waals surface area contributed by atoms with Crippen LogP contribution in [0.25, 0.3) is 0 Å². The number of halogens is 2. The first-order chi connectivity index (χ1) is 13.8. The van der Waals surface area contributed by atoms with Gasteiger partial charge in [0.25, 0.3) is 0 Å². The number of urea groups is 1. The van der Waals surface area contributed by atoms with E-state index in [4.69, 9.17) is 4.74 Å². The van der Waals surface area contributed by atoms with Crippen LogP contribution in [0.3, 0.4) is 0 Å². The second kappa shape index (κ2) is 8.75. The summed E-state index contributed by atoms with van der Waals surface area (Å²) in [6.45, 7) is 0.257. The van der Waals surface area contributed by atoms with Gasteiger partial charge in [0, 0.05) is 18.2 Å². The number of hydrogen-bond donors (Lipinski definition) is 3. The lowest BCUT2D eigenvalue weighted by Gasteiger charge is -2.26. The number of carbonyl (C=O) groups excluding carboxylic acids is 1. The second-order valence-corrected chi connectivity index (χ2v) is 8.62. The highest BCUT2D eigenvalue weighted by Gasteiger charge is 2.24. The van der Waals surface area contributed by atoms with E-state index in [2.05, 4.69) is 15.4 Å². The summed E-state index contributed by atoms with van der Waals surface area (Å²) in [5.41, 5.74) is 1.69. The van der Waals surface area contributed by atoms with Crippen LogP contribution in [-0.2, 0) is 28.7 Å². The quantitative estimate of drug-likeness (QED) is 0.658. The fraction of sp³-hybridized carbons (Fsp3) is 0.316. The summed E-state index contributed by atoms with van der Waals surface area (Å²) >= 11 is 0. The van der Waals surface area contributed by atoms with E-state index in [0.29, 0.717) is 11.1 Å². The third-order valence-corrected chi connectivity index (χ3v) is 5.76. The summed E-state index contributed by atoms with van der Waals surface area (Å²) in [7, 11) is -2.04. The molecule has 2 aromatic carbocycles. The van der Waals surface area contributed by atoms with E-state index in [1.165, 1.54) is 13.1 Å². The van der Waals surface area contributed by atoms with E-state index >= 15 is 0 Å². The molecular formula is C19H21F2N3O4S. The number of fused-ring (bicyclic) bond motifs is 1. The average Bonchev–Trinajstić information content (AvgIpc) is 2.66. The Labute approximate surface area is 167 Å². The van der Waals surface area contributed by atoms with Gasteiger partial charge in [0.2, 0.25) is 10.0 Å². The van der Waals surface area contributed by atoms with Crippen LogP contribution in [0.4, 0.5) is 13.6 Å². The van der Waals surface area contributed by atoms with Crippen LogP contribution in [-0.4, -0.2) is 34.1 Å². The first-order valence-electron chi connectivity index (χ1n) is 8.90. The van der Waals surface area contributed by atoms with Crippen molar-refractivity contribution in [3.8, 4) is 5.75 Å². The van der Waals surface area contributed by atoms with Crippen LogP contribution in [0.15, 0.2) is 36.4 Å². The van der Waals surface area contributed by atoms with Crippen molar-refractivity contribution in [2.75, 3.05) is 13.7 Å². The highest BCUT2D eigenvalue weighted by molar-refractivity contribution is 7.88. The van der Waals surface area contributed by atoms with Crippen molar-refractivity contribution in [3.05, 3.63) is 64.7 Å². The van der Waals surface area contributed by atoms with Crippen LogP contribution >= 0.6 is 0 Å². The van der Waals surface area contributed by atoms with Gasteiger partial charge in [0.1, 0.15) is 12.4 Å². The Morgan fingerprint density at radius 3 is 2.72 bits per heavy atom. The summed E-state index contributed by atoms with van der Waals surface area (Å²) in [5, 5.41) is 5.38. The molecule has 0 saturated carbocycles. The summed E-state index contributed by atoms with van der Waals surface area (Å²) < 4.78 is 57.9. The number of hydrogen-bond acceptors (Lipinski definition) is 4. The number of nitrogens with one attached hydrogen (secondary N) is 3. The van der Waals surface area contributed by atoms with Crippen LogP contribution in [0.5, 0.6) is 5.75 Å². The Kier molecular flexibility index (Phi) is 6.33. The van der Waals surface area contributed by atoms with E-state index in [1.807, 2.05) is 0 Å². The molecule has 0 radical (unpaired) electrons. The molecule has 0 fully saturated rings. The zero-order valence-corrected chi connectivity index (χ0v) is 16.5. The van der Waals surface area contributed by atoms with Crippen molar-refractivity contribution in [1.82, 2.24) is 15.4 Å². The van der Waals surface area contributed by atoms with Crippen LogP contribution in [0.2, 0.25) is 0 Å². The minimum Gasteiger partial charge on any atom is -0.488 e. The van der Waals surface area contributed by atoms with Gasteiger partial charge in [0.15, 0.2) is 11.6 Å². The molecule has 3 rings (SSSR count). The Balaban J connectivity index is 1.54. The molecule has 1 atom stereocenters. The normalized spacial score (nSPS) is 15.9. The minimum absolute atomic E-state index is 0.0122. The SMILES string of the molecule is CNS(=O)(=O)Cc1cccc(CNC(=O)NC2COc3c(F)cc(F)cc3C2)c1. The van der Waals surface area contributed by atoms with E-state index in [1.54, 1.807) is 24.3 Å². The first-order valence-corrected chi connectivity index (χ1v) is 10.5. The largest absolute Gasteiger partial charge is 0.488 e. The lowest BCUT2D eigenvalue weighted by Crippen LogP contribution is -2.47. The third kappa shape index (κ3) is 5.64. The number of sulfonamides is 1. The van der Waals surface area contributed by atoms with Gasteiger partial charge in [-0.3, -0.25) is 0 Å². The Hall–Kier alpha value is -2.72. The maximum atomic E-state index is 13.7. The molecule has 1 heterocycles. The van der Waals surface area contributed by atoms with Crippen molar-refractivity contribution in [3.63, 3.8) is 0 Å². The monoisotopic (exact) mass is 425 g/mol. The van der Waals surface area contributed by atoms with Gasteiger partial charge in [-0.1, -0.05) is 24.3 Å². The van der Waals surface area contributed by atoms with Crippen LogP contribution in [0.1, 0.15) is 16.7 Å². The third-order valence-electron chi connectivity index (χ3n) is 4.43. The Bertz CT molecular complexity index is 1010. The molecule has 0 aromatic heterocycles. The lowest BCUT2D eigenvalue weighted by atomic mass is 10.0. The number of carbonyl (C=O) groups is 1. The highest BCUT2D eigenvalue weighted by atomic mass is 32.2. The van der Waals surface area contributed by atoms with Gasteiger partial charge in [-0.05, 0) is 30.7 Å². The molecule has 0 saturated heterocycles. The fourth-order valence-electron chi connectivity index (χ4n) is 3.07. The molecule has 7 nitrogen and oxygen atoms in total. The predicted octanol–water partition coefficient (Wildman–Crippen LogP) is 1.82. The smallest absolute Gasteiger partial charge is 0.315 e. The summed E-state index contributed by atoms with van der Waals surface area (Å²) in [5.74, 6) is -1.61. The molecular weight excluding hydrogens is 404 g/mol. The summed E-state index contributed by atoms with van der Waals surface area (Å²) in [6, 6.07) is 7.91. The predicted molar refractivity (Wildman–Crippen MR) is 103 cm³/mol. The van der Waals surface area contributed by atoms with Gasteiger partial charge in [-0.15, -0.1) is 0 Å². The van der Waals surface area contributed by atoms with Crippen molar-refractivity contribution in [1.29, 1.82) is 0 Å². The van der Waals surface area contributed by atoms with Gasteiger partial charge in [-0.25, -0.2) is 26.7 Å². The van der Waals surface area contributed by atoms with Crippen molar-refractivity contribution >= 4 is 16.1 Å². The molecule has 10 heteroatoms. The summed E-state index contributed by atoms with van der Waals surface area (Å²) in [6.07, 6.45) is 0.245. The Morgan fingerprint density at radius 1 is 1.21 bits per heavy atom. The molecule has 0 bridgehead atoms. The molecule has 1 aliphatic rings. The number of amides is 2. The molecule has 1 aliphatic heterocycles. The molecule has 2 aromatic rings. The molecule has 29 heavy (non-hydrogen) atoms. The van der Waals surface area contributed by atoms with Gasteiger partial charge in [0.05, 0.1) is 11.8 Å². The standard InChI is InChI=1S/C19H21F2N3O4S/c1-22-29(26,27)11-13-4-2-3-12(5-13)9-23-19(25)24-16-7-14-6-15(20)8-17(21)18(14)28-10-16/h2-6,8,16,22H,7,9-11H2,1H3,(H2,23,24,25). The zero-order valence-electron chi connectivity index (χ0n) is 15.7. The molecule has 1 unspecified atom stereocenters. The average molecular weight is 425 g/mol. The Morgan fingerprint density at radius 2 is 1.97 bits per heavy atom. The highest BCUT2D eigenvalue weighted by Crippen LogP contribution is 2.28. The van der Waals surface area contributed by atoms with Crippen LogP contribution in [0, 0.1) is 11.6 Å². The van der Waals surface area contributed by atoms with Crippen molar-refractivity contribution < 1.29 is 26.7 Å². The van der Waals surface area contributed by atoms with Gasteiger partial charge in [-0.2, -0.15) is 0 Å². The zero-order chi connectivity index (χ0) is 21.0. The minimum atomic E-state index is -3.39. The lowest BCUT2D eigenvalue weighted by molar-refractivity contribution is 0.209. The molecule has 0 aliphatic carbocycles. The maximum absolute atomic E-state index is 13.7. The molecule has 3 N–H and O–H groups in total. The first kappa shape index (κ1) is 21.0. The number of rotatable bonds is 6. The van der Waals surface area contributed by atoms with E-state index < -0.39 is 33.7 Å². The maximum Gasteiger partial charge on any atom is 0.315 e. The van der Waals surface area contributed by atoms with Crippen molar-refractivity contribution in [2.24, 2.45) is 0 Å². The van der Waals surface area contributed by atoms with E-state index in [0.717, 1.165) is 11.6 Å². The van der Waals surface area contributed by atoms with Gasteiger partial charge < -0.3 is 15.4 Å². The topological polar surface area (TPSA) is 96.5 Å². The summed E-state index contributed by atoms with van der Waals surface area (Å²) in [4.78, 5) is 12.2. The molecule has 156 valence electrons. The molecule has 0 spiro atoms. The van der Waals surface area contributed by atoms with Crippen LogP contribution < -0.4 is 20.1 Å². The van der Waals surface area contributed by atoms with Gasteiger partial charge >= 0.3 is 6.03 Å².